The molecular weight excluding hydrogens is 264 g/mol. The highest BCUT2D eigenvalue weighted by molar-refractivity contribution is 6.31. The van der Waals surface area contributed by atoms with Crippen LogP contribution in [-0.2, 0) is 0 Å². The molecule has 2 rings (SSSR count). The number of carbonyl (C=O) groups excluding carboxylic acids is 1. The molecule has 0 unspecified atom stereocenters. The molecule has 19 heavy (non-hydrogen) atoms. The summed E-state index contributed by atoms with van der Waals surface area (Å²) >= 11 is 5.99. The van der Waals surface area contributed by atoms with E-state index in [0.29, 0.717) is 16.3 Å². The van der Waals surface area contributed by atoms with Crippen LogP contribution in [0.15, 0.2) is 18.2 Å². The molecule has 104 valence electrons. The number of nitrogens with one attached hydrogen (secondary N) is 1. The third-order valence-electron chi connectivity index (χ3n) is 3.32. The van der Waals surface area contributed by atoms with E-state index < -0.39 is 0 Å². The van der Waals surface area contributed by atoms with Crippen LogP contribution >= 0.6 is 11.6 Å². The molecule has 1 amide bonds. The average Bonchev–Trinajstić information content (AvgIpc) is 2.35. The molecule has 1 aliphatic heterocycles. The highest BCUT2D eigenvalue weighted by Gasteiger charge is 2.30. The monoisotopic (exact) mass is 282 g/mol. The van der Waals surface area contributed by atoms with E-state index in [1.807, 2.05) is 4.90 Å². The van der Waals surface area contributed by atoms with E-state index in [4.69, 9.17) is 16.3 Å². The number of carbonyl (C=O) groups is 1. The van der Waals surface area contributed by atoms with Gasteiger partial charge in [0.15, 0.2) is 0 Å². The minimum absolute atomic E-state index is 0.00676. The summed E-state index contributed by atoms with van der Waals surface area (Å²) in [5.41, 5.74) is 0.537. The smallest absolute Gasteiger partial charge is 0.258 e. The van der Waals surface area contributed by atoms with Gasteiger partial charge in [-0.3, -0.25) is 4.79 Å². The molecule has 1 fully saturated rings. The van der Waals surface area contributed by atoms with E-state index in [1.54, 1.807) is 25.3 Å². The van der Waals surface area contributed by atoms with Gasteiger partial charge in [-0.05, 0) is 24.6 Å². The Morgan fingerprint density at radius 2 is 2.26 bits per heavy atom. The van der Waals surface area contributed by atoms with Gasteiger partial charge in [0, 0.05) is 24.7 Å². The van der Waals surface area contributed by atoms with Crippen LogP contribution in [0.4, 0.5) is 0 Å². The fraction of sp³-hybridized carbons (Fsp3) is 0.500. The Balaban J connectivity index is 2.27. The first-order valence-corrected chi connectivity index (χ1v) is 6.90. The van der Waals surface area contributed by atoms with Crippen LogP contribution in [0.2, 0.25) is 5.02 Å². The molecule has 0 radical (unpaired) electrons. The first kappa shape index (κ1) is 14.2. The third kappa shape index (κ3) is 3.01. The summed E-state index contributed by atoms with van der Waals surface area (Å²) in [5.74, 6) is 0.565. The molecular formula is C14H19ClN2O2. The summed E-state index contributed by atoms with van der Waals surface area (Å²) in [4.78, 5) is 14.6. The molecule has 0 aliphatic carbocycles. The first-order valence-electron chi connectivity index (χ1n) is 6.52. The van der Waals surface area contributed by atoms with Crippen LogP contribution in [0.3, 0.4) is 0 Å². The number of hydrogen-bond donors (Lipinski definition) is 1. The predicted octanol–water partition coefficient (Wildman–Crippen LogP) is 2.17. The maximum Gasteiger partial charge on any atom is 0.258 e. The molecule has 1 heterocycles. The molecule has 4 nitrogen and oxygen atoms in total. The van der Waals surface area contributed by atoms with Gasteiger partial charge in [-0.25, -0.2) is 0 Å². The Bertz CT molecular complexity index is 461. The topological polar surface area (TPSA) is 41.6 Å². The van der Waals surface area contributed by atoms with Crippen molar-refractivity contribution in [2.75, 3.05) is 26.7 Å². The fourth-order valence-electron chi connectivity index (χ4n) is 2.19. The predicted molar refractivity (Wildman–Crippen MR) is 76.0 cm³/mol. The molecule has 1 N–H and O–H groups in total. The van der Waals surface area contributed by atoms with Crippen molar-refractivity contribution in [2.24, 2.45) is 0 Å². The third-order valence-corrected chi connectivity index (χ3v) is 3.55. The summed E-state index contributed by atoms with van der Waals surface area (Å²) in [6, 6.07) is 5.42. The zero-order chi connectivity index (χ0) is 13.8. The number of ether oxygens (including phenoxy) is 1. The summed E-state index contributed by atoms with van der Waals surface area (Å²) in [5, 5.41) is 3.74. The highest BCUT2D eigenvalue weighted by Crippen LogP contribution is 2.25. The number of rotatable bonds is 5. The molecule has 0 spiro atoms. The average molecular weight is 283 g/mol. The van der Waals surface area contributed by atoms with Gasteiger partial charge in [0.1, 0.15) is 5.75 Å². The Morgan fingerprint density at radius 3 is 2.79 bits per heavy atom. The Kier molecular flexibility index (Phi) is 4.66. The zero-order valence-electron chi connectivity index (χ0n) is 11.3. The van der Waals surface area contributed by atoms with E-state index in [-0.39, 0.29) is 11.9 Å². The van der Waals surface area contributed by atoms with Gasteiger partial charge < -0.3 is 15.0 Å². The molecule has 0 bridgehead atoms. The number of hydrogen-bond acceptors (Lipinski definition) is 3. The number of halogens is 1. The van der Waals surface area contributed by atoms with Gasteiger partial charge in [0.05, 0.1) is 18.7 Å². The van der Waals surface area contributed by atoms with Crippen LogP contribution in [0, 0.1) is 0 Å². The van der Waals surface area contributed by atoms with Crippen LogP contribution in [-0.4, -0.2) is 43.6 Å². The van der Waals surface area contributed by atoms with Gasteiger partial charge >= 0.3 is 0 Å². The van der Waals surface area contributed by atoms with E-state index in [0.717, 1.165) is 26.1 Å². The lowest BCUT2D eigenvalue weighted by Crippen LogP contribution is -2.59. The van der Waals surface area contributed by atoms with Gasteiger partial charge in [-0.15, -0.1) is 0 Å². The quantitative estimate of drug-likeness (QED) is 0.900. The lowest BCUT2D eigenvalue weighted by molar-refractivity contribution is 0.0612. The number of methoxy groups -OCH3 is 1. The Morgan fingerprint density at radius 1 is 1.53 bits per heavy atom. The summed E-state index contributed by atoms with van der Waals surface area (Å²) in [6.07, 6.45) is 0.936. The second-order valence-electron chi connectivity index (χ2n) is 4.66. The van der Waals surface area contributed by atoms with E-state index in [9.17, 15) is 4.79 Å². The van der Waals surface area contributed by atoms with Crippen molar-refractivity contribution in [1.82, 2.24) is 10.2 Å². The highest BCUT2D eigenvalue weighted by atomic mass is 35.5. The Labute approximate surface area is 118 Å². The Hall–Kier alpha value is -1.26. The molecule has 1 aromatic carbocycles. The van der Waals surface area contributed by atoms with Gasteiger partial charge in [0.2, 0.25) is 0 Å². The summed E-state index contributed by atoms with van der Waals surface area (Å²) < 4.78 is 5.26. The standard InChI is InChI=1S/C14H19ClN2O2/c1-3-6-17(11-8-16-9-11)14(18)12-7-10(15)4-5-13(12)19-2/h4-5,7,11,16H,3,6,8-9H2,1-2H3. The van der Waals surface area contributed by atoms with Gasteiger partial charge in [-0.2, -0.15) is 0 Å². The second-order valence-corrected chi connectivity index (χ2v) is 5.09. The van der Waals surface area contributed by atoms with Crippen molar-refractivity contribution >= 4 is 17.5 Å². The number of nitrogens with zero attached hydrogens (tertiary/aromatic N) is 1. The first-order chi connectivity index (χ1) is 9.17. The van der Waals surface area contributed by atoms with Gasteiger partial charge in [0.25, 0.3) is 5.91 Å². The van der Waals surface area contributed by atoms with Crippen molar-refractivity contribution in [1.29, 1.82) is 0 Å². The van der Waals surface area contributed by atoms with E-state index >= 15 is 0 Å². The number of amides is 1. The second kappa shape index (κ2) is 6.26. The molecule has 1 aliphatic rings. The molecule has 1 aromatic rings. The molecule has 0 aromatic heterocycles. The maximum absolute atomic E-state index is 12.7. The zero-order valence-corrected chi connectivity index (χ0v) is 12.0. The lowest BCUT2D eigenvalue weighted by Gasteiger charge is -2.38. The van der Waals surface area contributed by atoms with Crippen LogP contribution in [0.25, 0.3) is 0 Å². The van der Waals surface area contributed by atoms with Crippen molar-refractivity contribution < 1.29 is 9.53 Å². The summed E-state index contributed by atoms with van der Waals surface area (Å²) in [7, 11) is 1.56. The minimum atomic E-state index is -0.00676. The van der Waals surface area contributed by atoms with Crippen LogP contribution in [0.5, 0.6) is 5.75 Å². The van der Waals surface area contributed by atoms with Gasteiger partial charge in [-0.1, -0.05) is 18.5 Å². The van der Waals surface area contributed by atoms with Crippen molar-refractivity contribution in [3.8, 4) is 5.75 Å². The largest absolute Gasteiger partial charge is 0.496 e. The maximum atomic E-state index is 12.7. The van der Waals surface area contributed by atoms with Crippen molar-refractivity contribution in [2.45, 2.75) is 19.4 Å². The van der Waals surface area contributed by atoms with Crippen LogP contribution < -0.4 is 10.1 Å². The fourth-order valence-corrected chi connectivity index (χ4v) is 2.36. The molecule has 0 atom stereocenters. The number of benzene rings is 1. The summed E-state index contributed by atoms with van der Waals surface area (Å²) in [6.45, 7) is 4.53. The minimum Gasteiger partial charge on any atom is -0.496 e. The molecule has 1 saturated heterocycles. The normalized spacial score (nSPS) is 14.9. The lowest BCUT2D eigenvalue weighted by atomic mass is 10.1. The van der Waals surface area contributed by atoms with Crippen LogP contribution in [0.1, 0.15) is 23.7 Å². The van der Waals surface area contributed by atoms with E-state index in [2.05, 4.69) is 12.2 Å². The molecule has 0 saturated carbocycles. The SMILES string of the molecule is CCCN(C(=O)c1cc(Cl)ccc1OC)C1CNC1. The van der Waals surface area contributed by atoms with E-state index in [1.165, 1.54) is 0 Å². The molecule has 5 heteroatoms. The van der Waals surface area contributed by atoms with Crippen molar-refractivity contribution in [3.63, 3.8) is 0 Å². The van der Waals surface area contributed by atoms with Crippen molar-refractivity contribution in [3.05, 3.63) is 28.8 Å².